The van der Waals surface area contributed by atoms with Crippen molar-refractivity contribution in [2.45, 2.75) is 37.9 Å². The van der Waals surface area contributed by atoms with E-state index in [4.69, 9.17) is 9.15 Å². The first-order valence-electron chi connectivity index (χ1n) is 8.13. The van der Waals surface area contributed by atoms with Crippen LogP contribution in [0.3, 0.4) is 0 Å². The van der Waals surface area contributed by atoms with Gasteiger partial charge in [-0.05, 0) is 38.1 Å². The van der Waals surface area contributed by atoms with Crippen molar-refractivity contribution in [3.8, 4) is 0 Å². The Morgan fingerprint density at radius 3 is 2.31 bits per heavy atom. The number of carbonyl (C=O) groups excluding carboxylic acids is 1. The lowest BCUT2D eigenvalue weighted by molar-refractivity contribution is -0.0440. The minimum atomic E-state index is -3.65. The Bertz CT molecular complexity index is 884. The lowest BCUT2D eigenvalue weighted by Gasteiger charge is -2.34. The van der Waals surface area contributed by atoms with E-state index in [1.54, 1.807) is 6.92 Å². The molecule has 0 radical (unpaired) electrons. The van der Waals surface area contributed by atoms with Gasteiger partial charge in [0.1, 0.15) is 0 Å². The van der Waals surface area contributed by atoms with Crippen LogP contribution in [-0.4, -0.2) is 54.1 Å². The number of amides is 1. The molecule has 2 atom stereocenters. The van der Waals surface area contributed by atoms with Crippen LogP contribution in [0.2, 0.25) is 0 Å². The largest absolute Gasteiger partial charge is 0.408 e. The van der Waals surface area contributed by atoms with Crippen LogP contribution in [0.5, 0.6) is 0 Å². The summed E-state index contributed by atoms with van der Waals surface area (Å²) in [6.45, 7) is 5.88. The molecule has 140 valence electrons. The van der Waals surface area contributed by atoms with Crippen LogP contribution in [0.4, 0.5) is 6.01 Å². The van der Waals surface area contributed by atoms with Gasteiger partial charge in [0.15, 0.2) is 0 Å². The Labute approximate surface area is 151 Å². The second-order valence-electron chi connectivity index (χ2n) is 6.18. The van der Waals surface area contributed by atoms with Crippen molar-refractivity contribution in [3.63, 3.8) is 0 Å². The topological polar surface area (TPSA) is 115 Å². The number of nitrogens with zero attached hydrogens (tertiary/aromatic N) is 3. The second-order valence-corrected chi connectivity index (χ2v) is 8.12. The van der Waals surface area contributed by atoms with E-state index >= 15 is 0 Å². The van der Waals surface area contributed by atoms with Crippen LogP contribution in [-0.2, 0) is 14.8 Å². The molecule has 10 heteroatoms. The van der Waals surface area contributed by atoms with E-state index in [9.17, 15) is 13.2 Å². The molecule has 0 spiro atoms. The number of ether oxygens (including phenoxy) is 1. The van der Waals surface area contributed by atoms with E-state index in [1.807, 2.05) is 13.8 Å². The van der Waals surface area contributed by atoms with Crippen LogP contribution in [0.25, 0.3) is 0 Å². The molecule has 26 heavy (non-hydrogen) atoms. The Morgan fingerprint density at radius 1 is 1.15 bits per heavy atom. The number of sulfonamides is 1. The molecule has 1 aliphatic heterocycles. The summed E-state index contributed by atoms with van der Waals surface area (Å²) in [6, 6.07) is 5.69. The maximum Gasteiger partial charge on any atom is 0.322 e. The minimum absolute atomic E-state index is 0.0134. The summed E-state index contributed by atoms with van der Waals surface area (Å²) >= 11 is 0. The fraction of sp³-hybridized carbons (Fsp3) is 0.438. The Hall–Kier alpha value is -2.30. The Balaban J connectivity index is 1.75. The molecular weight excluding hydrogens is 360 g/mol. The van der Waals surface area contributed by atoms with Gasteiger partial charge in [-0.1, -0.05) is 5.10 Å². The van der Waals surface area contributed by atoms with Crippen LogP contribution < -0.4 is 5.32 Å². The highest BCUT2D eigenvalue weighted by atomic mass is 32.2. The minimum Gasteiger partial charge on any atom is -0.408 e. The molecule has 0 bridgehead atoms. The second kappa shape index (κ2) is 7.14. The molecule has 2 aromatic rings. The first-order valence-corrected chi connectivity index (χ1v) is 9.57. The van der Waals surface area contributed by atoms with E-state index < -0.39 is 15.9 Å². The maximum absolute atomic E-state index is 12.8. The molecule has 3 rings (SSSR count). The van der Waals surface area contributed by atoms with Gasteiger partial charge >= 0.3 is 6.01 Å². The van der Waals surface area contributed by atoms with Crippen LogP contribution in [0.15, 0.2) is 33.6 Å². The smallest absolute Gasteiger partial charge is 0.322 e. The van der Waals surface area contributed by atoms with Crippen molar-refractivity contribution in [1.82, 2.24) is 14.5 Å². The molecule has 1 saturated heterocycles. The number of aryl methyl sites for hydroxylation is 1. The summed E-state index contributed by atoms with van der Waals surface area (Å²) in [5.41, 5.74) is 0.281. The number of rotatable bonds is 4. The summed E-state index contributed by atoms with van der Waals surface area (Å²) in [6.07, 6.45) is -0.340. The number of hydrogen-bond donors (Lipinski definition) is 1. The molecule has 1 amide bonds. The van der Waals surface area contributed by atoms with Crippen molar-refractivity contribution in [1.29, 1.82) is 0 Å². The third-order valence-electron chi connectivity index (χ3n) is 3.89. The number of anilines is 1. The molecule has 9 nitrogen and oxygen atoms in total. The monoisotopic (exact) mass is 380 g/mol. The number of benzene rings is 1. The summed E-state index contributed by atoms with van der Waals surface area (Å²) in [5.74, 6) is -0.137. The summed E-state index contributed by atoms with van der Waals surface area (Å²) < 4.78 is 37.6. The predicted molar refractivity (Wildman–Crippen MR) is 92.2 cm³/mol. The van der Waals surface area contributed by atoms with Gasteiger partial charge in [0, 0.05) is 25.6 Å². The van der Waals surface area contributed by atoms with Crippen molar-refractivity contribution < 1.29 is 22.4 Å². The lowest BCUT2D eigenvalue weighted by Crippen LogP contribution is -2.48. The van der Waals surface area contributed by atoms with E-state index in [2.05, 4.69) is 15.5 Å². The highest BCUT2D eigenvalue weighted by molar-refractivity contribution is 7.89. The van der Waals surface area contributed by atoms with Gasteiger partial charge in [0.2, 0.25) is 15.9 Å². The zero-order valence-corrected chi connectivity index (χ0v) is 15.5. The van der Waals surface area contributed by atoms with E-state index in [0.29, 0.717) is 19.0 Å². The Kier molecular flexibility index (Phi) is 5.08. The van der Waals surface area contributed by atoms with Crippen molar-refractivity contribution in [2.75, 3.05) is 18.4 Å². The standard InChI is InChI=1S/C16H20N4O5S/c1-10-8-20(9-11(2)24-10)26(22,23)14-6-4-13(5-7-14)15(21)17-16-19-18-12(3)25-16/h4-7,10-11H,8-9H2,1-3H3,(H,17,19,21)/t10-,11-/m1/s1. The normalized spacial score (nSPS) is 21.5. The fourth-order valence-corrected chi connectivity index (χ4v) is 4.36. The molecule has 0 unspecified atom stereocenters. The van der Waals surface area contributed by atoms with Crippen LogP contribution in [0, 0.1) is 6.92 Å². The van der Waals surface area contributed by atoms with Gasteiger partial charge in [-0.2, -0.15) is 4.31 Å². The quantitative estimate of drug-likeness (QED) is 0.853. The van der Waals surface area contributed by atoms with Gasteiger partial charge in [-0.15, -0.1) is 5.10 Å². The zero-order valence-electron chi connectivity index (χ0n) is 14.7. The average Bonchev–Trinajstić information content (AvgIpc) is 2.99. The lowest BCUT2D eigenvalue weighted by atomic mass is 10.2. The van der Waals surface area contributed by atoms with Gasteiger partial charge in [-0.3, -0.25) is 10.1 Å². The molecular formula is C16H20N4O5S. The van der Waals surface area contributed by atoms with Gasteiger partial charge < -0.3 is 9.15 Å². The molecule has 1 fully saturated rings. The molecule has 1 N–H and O–H groups in total. The molecule has 0 aliphatic carbocycles. The first kappa shape index (κ1) is 18.5. The van der Waals surface area contributed by atoms with Gasteiger partial charge in [0.05, 0.1) is 17.1 Å². The van der Waals surface area contributed by atoms with Crippen LogP contribution in [0.1, 0.15) is 30.1 Å². The third-order valence-corrected chi connectivity index (χ3v) is 5.73. The number of hydrogen-bond acceptors (Lipinski definition) is 7. The van der Waals surface area contributed by atoms with E-state index in [0.717, 1.165) is 0 Å². The maximum atomic E-state index is 12.8. The van der Waals surface area contributed by atoms with Crippen LogP contribution >= 0.6 is 0 Å². The van der Waals surface area contributed by atoms with E-state index in [-0.39, 0.29) is 28.7 Å². The predicted octanol–water partition coefficient (Wildman–Crippen LogP) is 1.43. The molecule has 1 aliphatic rings. The fourth-order valence-electron chi connectivity index (χ4n) is 2.77. The molecule has 0 saturated carbocycles. The van der Waals surface area contributed by atoms with Crippen molar-refractivity contribution in [2.24, 2.45) is 0 Å². The van der Waals surface area contributed by atoms with E-state index in [1.165, 1.54) is 28.6 Å². The van der Waals surface area contributed by atoms with Crippen molar-refractivity contribution >= 4 is 21.9 Å². The summed E-state index contributed by atoms with van der Waals surface area (Å²) in [4.78, 5) is 12.3. The van der Waals surface area contributed by atoms with Gasteiger partial charge in [-0.25, -0.2) is 8.42 Å². The van der Waals surface area contributed by atoms with Gasteiger partial charge in [0.25, 0.3) is 5.91 Å². The average molecular weight is 380 g/mol. The molecule has 2 heterocycles. The number of nitrogens with one attached hydrogen (secondary N) is 1. The molecule has 1 aromatic carbocycles. The summed E-state index contributed by atoms with van der Waals surface area (Å²) in [7, 11) is -3.65. The SMILES string of the molecule is Cc1nnc(NC(=O)c2ccc(S(=O)(=O)N3C[C@@H](C)O[C@H](C)C3)cc2)o1. The highest BCUT2D eigenvalue weighted by Crippen LogP contribution is 2.21. The molecule has 1 aromatic heterocycles. The zero-order chi connectivity index (χ0) is 18.9. The number of aromatic nitrogens is 2. The Morgan fingerprint density at radius 2 is 1.77 bits per heavy atom. The highest BCUT2D eigenvalue weighted by Gasteiger charge is 2.32. The number of morpholine rings is 1. The van der Waals surface area contributed by atoms with Crippen molar-refractivity contribution in [3.05, 3.63) is 35.7 Å². The third kappa shape index (κ3) is 3.92. The summed E-state index contributed by atoms with van der Waals surface area (Å²) in [5, 5.41) is 9.75. The first-order chi connectivity index (χ1) is 12.3. The number of carbonyl (C=O) groups is 1.